The van der Waals surface area contributed by atoms with Crippen molar-refractivity contribution in [1.29, 1.82) is 5.26 Å². The standard InChI is InChI=1S/C16H25N3O2/c1-3-12-11-19(16(21)13-4-5-13)8-6-14(12)10-15(20)18(2)9-7-17/h12-14H,3-6,8-11H2,1-2H3. The van der Waals surface area contributed by atoms with E-state index >= 15 is 0 Å². The number of rotatable bonds is 5. The Morgan fingerprint density at radius 2 is 2.00 bits per heavy atom. The Hall–Kier alpha value is -1.57. The minimum absolute atomic E-state index is 0.0435. The molecule has 2 aliphatic rings. The molecule has 0 aromatic carbocycles. The Bertz CT molecular complexity index is 439. The van der Waals surface area contributed by atoms with E-state index in [1.165, 1.54) is 4.90 Å². The molecule has 5 heteroatoms. The molecule has 0 aromatic heterocycles. The second-order valence-corrected chi connectivity index (χ2v) is 6.39. The lowest BCUT2D eigenvalue weighted by Gasteiger charge is -2.38. The molecule has 21 heavy (non-hydrogen) atoms. The van der Waals surface area contributed by atoms with Crippen molar-refractivity contribution in [1.82, 2.24) is 9.80 Å². The molecule has 116 valence electrons. The average molecular weight is 291 g/mol. The SMILES string of the molecule is CCC1CN(C(=O)C2CC2)CCC1CC(=O)N(C)CC#N. The quantitative estimate of drug-likeness (QED) is 0.723. The molecule has 0 aromatic rings. The van der Waals surface area contributed by atoms with E-state index in [0.717, 1.165) is 38.8 Å². The number of piperidine rings is 1. The molecule has 2 rings (SSSR count). The fourth-order valence-corrected chi connectivity index (χ4v) is 3.17. The predicted molar refractivity (Wildman–Crippen MR) is 79.1 cm³/mol. The molecule has 5 nitrogen and oxygen atoms in total. The Morgan fingerprint density at radius 3 is 2.57 bits per heavy atom. The molecule has 0 spiro atoms. The second kappa shape index (κ2) is 6.93. The van der Waals surface area contributed by atoms with E-state index in [1.54, 1.807) is 7.05 Å². The number of hydrogen-bond donors (Lipinski definition) is 0. The van der Waals surface area contributed by atoms with Crippen LogP contribution >= 0.6 is 0 Å². The number of likely N-dealkylation sites (tertiary alicyclic amines) is 1. The van der Waals surface area contributed by atoms with Crippen LogP contribution in [0, 0.1) is 29.1 Å². The predicted octanol–water partition coefficient (Wildman–Crippen LogP) is 1.64. The maximum absolute atomic E-state index is 12.2. The largest absolute Gasteiger partial charge is 0.342 e. The van der Waals surface area contributed by atoms with Crippen molar-refractivity contribution in [2.24, 2.45) is 17.8 Å². The summed E-state index contributed by atoms with van der Waals surface area (Å²) < 4.78 is 0. The molecule has 0 radical (unpaired) electrons. The number of carbonyl (C=O) groups excluding carboxylic acids is 2. The number of hydrogen-bond acceptors (Lipinski definition) is 3. The van der Waals surface area contributed by atoms with Crippen molar-refractivity contribution in [3.05, 3.63) is 0 Å². The van der Waals surface area contributed by atoms with Crippen molar-refractivity contribution in [2.75, 3.05) is 26.7 Å². The van der Waals surface area contributed by atoms with E-state index in [-0.39, 0.29) is 18.4 Å². The molecule has 1 saturated carbocycles. The van der Waals surface area contributed by atoms with Crippen LogP contribution < -0.4 is 0 Å². The van der Waals surface area contributed by atoms with Gasteiger partial charge in [0.15, 0.2) is 0 Å². The van der Waals surface area contributed by atoms with Crippen LogP contribution in [0.5, 0.6) is 0 Å². The first kappa shape index (κ1) is 15.8. The lowest BCUT2D eigenvalue weighted by Crippen LogP contribution is -2.45. The van der Waals surface area contributed by atoms with Crippen LogP contribution in [0.1, 0.15) is 39.0 Å². The van der Waals surface area contributed by atoms with Gasteiger partial charge < -0.3 is 9.80 Å². The highest BCUT2D eigenvalue weighted by atomic mass is 16.2. The third kappa shape index (κ3) is 3.96. The molecule has 2 fully saturated rings. The third-order valence-electron chi connectivity index (χ3n) is 4.82. The zero-order valence-corrected chi connectivity index (χ0v) is 13.0. The van der Waals surface area contributed by atoms with Crippen molar-refractivity contribution < 1.29 is 9.59 Å². The Labute approximate surface area is 126 Å². The fourth-order valence-electron chi connectivity index (χ4n) is 3.17. The highest BCUT2D eigenvalue weighted by Gasteiger charge is 2.38. The highest BCUT2D eigenvalue weighted by Crippen LogP contribution is 2.35. The monoisotopic (exact) mass is 291 g/mol. The van der Waals surface area contributed by atoms with Gasteiger partial charge in [0.2, 0.25) is 11.8 Å². The first-order chi connectivity index (χ1) is 10.1. The zero-order chi connectivity index (χ0) is 15.4. The summed E-state index contributed by atoms with van der Waals surface area (Å²) in [6.07, 6.45) is 4.50. The van der Waals surface area contributed by atoms with Crippen LogP contribution in [0.25, 0.3) is 0 Å². The summed E-state index contributed by atoms with van der Waals surface area (Å²) in [7, 11) is 1.68. The van der Waals surface area contributed by atoms with Crippen LogP contribution in [0.4, 0.5) is 0 Å². The van der Waals surface area contributed by atoms with Crippen LogP contribution in [0.15, 0.2) is 0 Å². The van der Waals surface area contributed by atoms with E-state index in [4.69, 9.17) is 5.26 Å². The molecule has 2 amide bonds. The summed E-state index contributed by atoms with van der Waals surface area (Å²) in [6.45, 7) is 3.86. The number of amides is 2. The lowest BCUT2D eigenvalue weighted by atomic mass is 9.81. The molecule has 1 saturated heterocycles. The second-order valence-electron chi connectivity index (χ2n) is 6.39. The smallest absolute Gasteiger partial charge is 0.225 e. The minimum atomic E-state index is 0.0435. The maximum atomic E-state index is 12.2. The maximum Gasteiger partial charge on any atom is 0.225 e. The fraction of sp³-hybridized carbons (Fsp3) is 0.812. The minimum Gasteiger partial charge on any atom is -0.342 e. The topological polar surface area (TPSA) is 64.4 Å². The number of nitriles is 1. The van der Waals surface area contributed by atoms with Crippen molar-refractivity contribution in [2.45, 2.75) is 39.0 Å². The molecule has 1 aliphatic heterocycles. The van der Waals surface area contributed by atoms with Crippen molar-refractivity contribution >= 4 is 11.8 Å². The lowest BCUT2D eigenvalue weighted by molar-refractivity contribution is -0.136. The first-order valence-corrected chi connectivity index (χ1v) is 7.96. The van der Waals surface area contributed by atoms with Crippen LogP contribution in [0.2, 0.25) is 0 Å². The van der Waals surface area contributed by atoms with E-state index in [9.17, 15) is 9.59 Å². The number of carbonyl (C=O) groups is 2. The van der Waals surface area contributed by atoms with E-state index in [1.807, 2.05) is 11.0 Å². The summed E-state index contributed by atoms with van der Waals surface area (Å²) in [5.74, 6) is 1.39. The van der Waals surface area contributed by atoms with E-state index in [0.29, 0.717) is 24.2 Å². The summed E-state index contributed by atoms with van der Waals surface area (Å²) in [5, 5.41) is 8.66. The molecule has 0 bridgehead atoms. The van der Waals surface area contributed by atoms with E-state index < -0.39 is 0 Å². The molecule has 0 N–H and O–H groups in total. The van der Waals surface area contributed by atoms with Gasteiger partial charge in [0.25, 0.3) is 0 Å². The Kier molecular flexibility index (Phi) is 5.22. The van der Waals surface area contributed by atoms with Gasteiger partial charge in [-0.3, -0.25) is 9.59 Å². The van der Waals surface area contributed by atoms with Gasteiger partial charge in [-0.15, -0.1) is 0 Å². The van der Waals surface area contributed by atoms with Gasteiger partial charge in [-0.1, -0.05) is 13.3 Å². The van der Waals surface area contributed by atoms with Crippen molar-refractivity contribution in [3.8, 4) is 6.07 Å². The van der Waals surface area contributed by atoms with Gasteiger partial charge in [0, 0.05) is 32.5 Å². The van der Waals surface area contributed by atoms with Gasteiger partial charge in [-0.05, 0) is 31.1 Å². The Morgan fingerprint density at radius 1 is 1.29 bits per heavy atom. The van der Waals surface area contributed by atoms with E-state index in [2.05, 4.69) is 6.92 Å². The van der Waals surface area contributed by atoms with Gasteiger partial charge in [0.1, 0.15) is 6.54 Å². The molecule has 1 aliphatic carbocycles. The van der Waals surface area contributed by atoms with Crippen LogP contribution in [-0.2, 0) is 9.59 Å². The molecule has 1 heterocycles. The highest BCUT2D eigenvalue weighted by molar-refractivity contribution is 5.81. The molecule has 2 atom stereocenters. The van der Waals surface area contributed by atoms with Crippen LogP contribution in [0.3, 0.4) is 0 Å². The van der Waals surface area contributed by atoms with Gasteiger partial charge in [-0.25, -0.2) is 0 Å². The summed E-state index contributed by atoms with van der Waals surface area (Å²) in [5.41, 5.74) is 0. The van der Waals surface area contributed by atoms with Gasteiger partial charge >= 0.3 is 0 Å². The average Bonchev–Trinajstić information content (AvgIpc) is 3.31. The van der Waals surface area contributed by atoms with Crippen LogP contribution in [-0.4, -0.2) is 48.3 Å². The first-order valence-electron chi connectivity index (χ1n) is 7.96. The molecular formula is C16H25N3O2. The third-order valence-corrected chi connectivity index (χ3v) is 4.82. The Balaban J connectivity index is 1.88. The van der Waals surface area contributed by atoms with Crippen molar-refractivity contribution in [3.63, 3.8) is 0 Å². The summed E-state index contributed by atoms with van der Waals surface area (Å²) in [6, 6.07) is 2.00. The summed E-state index contributed by atoms with van der Waals surface area (Å²) >= 11 is 0. The molecular weight excluding hydrogens is 266 g/mol. The summed E-state index contributed by atoms with van der Waals surface area (Å²) in [4.78, 5) is 27.7. The number of nitrogens with zero attached hydrogens (tertiary/aromatic N) is 3. The van der Waals surface area contributed by atoms with Gasteiger partial charge in [-0.2, -0.15) is 5.26 Å². The molecule has 2 unspecified atom stereocenters. The normalized spacial score (nSPS) is 25.3. The van der Waals surface area contributed by atoms with Gasteiger partial charge in [0.05, 0.1) is 6.07 Å². The zero-order valence-electron chi connectivity index (χ0n) is 13.0.